The second kappa shape index (κ2) is 6.44. The predicted octanol–water partition coefficient (Wildman–Crippen LogP) is 4.15. The molecule has 0 amide bonds. The topological polar surface area (TPSA) is 12.0 Å². The Morgan fingerprint density at radius 2 is 1.94 bits per heavy atom. The SMILES string of the molecule is C=C(CC)CNCC1(CC(C)C)CCCC1. The molecule has 0 bridgehead atoms. The lowest BCUT2D eigenvalue weighted by molar-refractivity contribution is 0.226. The Labute approximate surface area is 102 Å². The van der Waals surface area contributed by atoms with E-state index in [1.807, 2.05) is 0 Å². The van der Waals surface area contributed by atoms with Crippen molar-refractivity contribution in [2.45, 2.75) is 59.3 Å². The molecule has 1 aliphatic carbocycles. The first-order valence-corrected chi connectivity index (χ1v) is 6.95. The van der Waals surface area contributed by atoms with E-state index in [2.05, 4.69) is 32.7 Å². The van der Waals surface area contributed by atoms with Crippen LogP contribution in [-0.2, 0) is 0 Å². The van der Waals surface area contributed by atoms with Gasteiger partial charge in [-0.3, -0.25) is 0 Å². The molecule has 0 radical (unpaired) electrons. The van der Waals surface area contributed by atoms with Crippen LogP contribution in [0.3, 0.4) is 0 Å². The van der Waals surface area contributed by atoms with Gasteiger partial charge in [0.05, 0.1) is 0 Å². The van der Waals surface area contributed by atoms with Crippen molar-refractivity contribution in [3.05, 3.63) is 12.2 Å². The highest BCUT2D eigenvalue weighted by Gasteiger charge is 2.33. The quantitative estimate of drug-likeness (QED) is 0.639. The van der Waals surface area contributed by atoms with Crippen molar-refractivity contribution in [2.24, 2.45) is 11.3 Å². The average molecular weight is 223 g/mol. The Morgan fingerprint density at radius 3 is 2.44 bits per heavy atom. The van der Waals surface area contributed by atoms with Crippen molar-refractivity contribution in [1.82, 2.24) is 5.32 Å². The van der Waals surface area contributed by atoms with Gasteiger partial charge >= 0.3 is 0 Å². The van der Waals surface area contributed by atoms with Crippen molar-refractivity contribution in [3.63, 3.8) is 0 Å². The summed E-state index contributed by atoms with van der Waals surface area (Å²) in [5.74, 6) is 0.828. The third-order valence-electron chi connectivity index (χ3n) is 3.88. The Kier molecular flexibility index (Phi) is 5.54. The maximum atomic E-state index is 4.06. The zero-order chi connectivity index (χ0) is 12.0. The van der Waals surface area contributed by atoms with Crippen molar-refractivity contribution in [3.8, 4) is 0 Å². The molecule has 16 heavy (non-hydrogen) atoms. The van der Waals surface area contributed by atoms with Crippen LogP contribution >= 0.6 is 0 Å². The Hall–Kier alpha value is -0.300. The molecule has 1 aliphatic rings. The van der Waals surface area contributed by atoms with Gasteiger partial charge < -0.3 is 5.32 Å². The largest absolute Gasteiger partial charge is 0.312 e. The van der Waals surface area contributed by atoms with Gasteiger partial charge in [0.15, 0.2) is 0 Å². The molecule has 0 heterocycles. The molecule has 94 valence electrons. The number of hydrogen-bond acceptors (Lipinski definition) is 1. The van der Waals surface area contributed by atoms with Gasteiger partial charge in [0.1, 0.15) is 0 Å². The molecule has 1 rings (SSSR count). The molecule has 1 nitrogen and oxygen atoms in total. The van der Waals surface area contributed by atoms with Crippen LogP contribution in [0.2, 0.25) is 0 Å². The fourth-order valence-electron chi connectivity index (χ4n) is 3.07. The monoisotopic (exact) mass is 223 g/mol. The summed E-state index contributed by atoms with van der Waals surface area (Å²) in [5.41, 5.74) is 1.93. The smallest absolute Gasteiger partial charge is 0.0162 e. The first kappa shape index (κ1) is 13.8. The van der Waals surface area contributed by atoms with Crippen LogP contribution in [0.15, 0.2) is 12.2 Å². The number of rotatable bonds is 7. The van der Waals surface area contributed by atoms with E-state index in [9.17, 15) is 0 Å². The first-order valence-electron chi connectivity index (χ1n) is 6.95. The minimum atomic E-state index is 0.599. The third kappa shape index (κ3) is 4.29. The molecule has 0 unspecified atom stereocenters. The molecule has 0 atom stereocenters. The van der Waals surface area contributed by atoms with Crippen molar-refractivity contribution in [1.29, 1.82) is 0 Å². The summed E-state index contributed by atoms with van der Waals surface area (Å²) >= 11 is 0. The highest BCUT2D eigenvalue weighted by atomic mass is 14.9. The minimum absolute atomic E-state index is 0.599. The number of hydrogen-bond donors (Lipinski definition) is 1. The van der Waals surface area contributed by atoms with Crippen LogP contribution in [0.5, 0.6) is 0 Å². The van der Waals surface area contributed by atoms with Crippen LogP contribution in [0.25, 0.3) is 0 Å². The second-order valence-electron chi connectivity index (χ2n) is 6.01. The molecule has 1 saturated carbocycles. The molecule has 0 spiro atoms. The van der Waals surface area contributed by atoms with Crippen molar-refractivity contribution >= 4 is 0 Å². The van der Waals surface area contributed by atoms with Gasteiger partial charge in [0.25, 0.3) is 0 Å². The Bertz CT molecular complexity index is 211. The van der Waals surface area contributed by atoms with E-state index in [0.29, 0.717) is 5.41 Å². The predicted molar refractivity (Wildman–Crippen MR) is 72.7 cm³/mol. The van der Waals surface area contributed by atoms with Crippen LogP contribution in [0.1, 0.15) is 59.3 Å². The van der Waals surface area contributed by atoms with E-state index in [4.69, 9.17) is 0 Å². The maximum absolute atomic E-state index is 4.06. The minimum Gasteiger partial charge on any atom is -0.312 e. The van der Waals surface area contributed by atoms with E-state index < -0.39 is 0 Å². The van der Waals surface area contributed by atoms with Gasteiger partial charge in [-0.15, -0.1) is 0 Å². The summed E-state index contributed by atoms with van der Waals surface area (Å²) in [6.45, 7) is 13.2. The summed E-state index contributed by atoms with van der Waals surface area (Å²) < 4.78 is 0. The highest BCUT2D eigenvalue weighted by Crippen LogP contribution is 2.42. The van der Waals surface area contributed by atoms with Crippen LogP contribution in [0.4, 0.5) is 0 Å². The van der Waals surface area contributed by atoms with Gasteiger partial charge in [-0.05, 0) is 37.0 Å². The molecule has 0 saturated heterocycles. The summed E-state index contributed by atoms with van der Waals surface area (Å²) in [6, 6.07) is 0. The van der Waals surface area contributed by atoms with Gasteiger partial charge in [-0.1, -0.05) is 45.8 Å². The molecule has 1 fully saturated rings. The maximum Gasteiger partial charge on any atom is 0.0162 e. The highest BCUT2D eigenvalue weighted by molar-refractivity contribution is 4.96. The van der Waals surface area contributed by atoms with Crippen LogP contribution in [0, 0.1) is 11.3 Å². The van der Waals surface area contributed by atoms with E-state index in [1.54, 1.807) is 0 Å². The van der Waals surface area contributed by atoms with E-state index in [1.165, 1.54) is 44.2 Å². The molecule has 0 aromatic heterocycles. The summed E-state index contributed by atoms with van der Waals surface area (Å²) in [6.07, 6.45) is 8.21. The lowest BCUT2D eigenvalue weighted by Gasteiger charge is -2.31. The molecule has 0 aliphatic heterocycles. The normalized spacial score (nSPS) is 19.2. The first-order chi connectivity index (χ1) is 7.58. The Morgan fingerprint density at radius 1 is 1.31 bits per heavy atom. The summed E-state index contributed by atoms with van der Waals surface area (Å²) in [5, 5.41) is 3.62. The van der Waals surface area contributed by atoms with Crippen molar-refractivity contribution in [2.75, 3.05) is 13.1 Å². The standard InChI is InChI=1S/C15H29N/c1-5-14(4)11-16-12-15(10-13(2)3)8-6-7-9-15/h13,16H,4-12H2,1-3H3. The molecule has 1 N–H and O–H groups in total. The molecule has 0 aromatic carbocycles. The molecule has 1 heteroatoms. The van der Waals surface area contributed by atoms with Gasteiger partial charge in [0.2, 0.25) is 0 Å². The fraction of sp³-hybridized carbons (Fsp3) is 0.867. The summed E-state index contributed by atoms with van der Waals surface area (Å²) in [4.78, 5) is 0. The zero-order valence-electron chi connectivity index (χ0n) is 11.4. The van der Waals surface area contributed by atoms with E-state index >= 15 is 0 Å². The lowest BCUT2D eigenvalue weighted by Crippen LogP contribution is -2.34. The summed E-state index contributed by atoms with van der Waals surface area (Å²) in [7, 11) is 0. The fourth-order valence-corrected chi connectivity index (χ4v) is 3.07. The lowest BCUT2D eigenvalue weighted by atomic mass is 9.78. The Balaban J connectivity index is 2.36. The van der Waals surface area contributed by atoms with Gasteiger partial charge in [0, 0.05) is 13.1 Å². The third-order valence-corrected chi connectivity index (χ3v) is 3.88. The second-order valence-corrected chi connectivity index (χ2v) is 6.01. The molecular formula is C15H29N. The van der Waals surface area contributed by atoms with Crippen LogP contribution in [-0.4, -0.2) is 13.1 Å². The molecule has 0 aromatic rings. The van der Waals surface area contributed by atoms with Gasteiger partial charge in [-0.2, -0.15) is 0 Å². The van der Waals surface area contributed by atoms with E-state index in [0.717, 1.165) is 18.9 Å². The zero-order valence-corrected chi connectivity index (χ0v) is 11.4. The number of nitrogens with one attached hydrogen (secondary N) is 1. The average Bonchev–Trinajstić information content (AvgIpc) is 2.65. The van der Waals surface area contributed by atoms with Crippen LogP contribution < -0.4 is 5.32 Å². The van der Waals surface area contributed by atoms with Crippen molar-refractivity contribution < 1.29 is 0 Å². The van der Waals surface area contributed by atoms with E-state index in [-0.39, 0.29) is 0 Å². The van der Waals surface area contributed by atoms with Gasteiger partial charge in [-0.25, -0.2) is 0 Å². The molecular weight excluding hydrogens is 194 g/mol.